The number of aromatic nitrogens is 2. The van der Waals surface area contributed by atoms with Gasteiger partial charge in [0, 0.05) is 28.6 Å². The number of aromatic amines is 1. The van der Waals surface area contributed by atoms with Crippen molar-refractivity contribution in [1.82, 2.24) is 9.97 Å². The van der Waals surface area contributed by atoms with E-state index in [-0.39, 0.29) is 17.1 Å². The average Bonchev–Trinajstić information content (AvgIpc) is 2.83. The molecule has 3 aromatic rings. The fraction of sp³-hybridized carbons (Fsp3) is 0.0625. The Kier molecular flexibility index (Phi) is 4.07. The molecule has 0 aliphatic rings. The summed E-state index contributed by atoms with van der Waals surface area (Å²) in [5, 5.41) is 1.46. The zero-order chi connectivity index (χ0) is 16.6. The SMILES string of the molecule is CC(=O)Oc1c(C(=O)c2cc(Cl)ccn2)[nH]c2cc(Cl)ccc12. The van der Waals surface area contributed by atoms with Gasteiger partial charge in [-0.15, -0.1) is 0 Å². The summed E-state index contributed by atoms with van der Waals surface area (Å²) in [6.45, 7) is 1.26. The standard InChI is InChI=1S/C16H10Cl2N2O3/c1-8(21)23-16-11-3-2-9(17)6-12(11)20-14(16)15(22)13-7-10(18)4-5-19-13/h2-7,20H,1H3. The largest absolute Gasteiger partial charge is 0.424 e. The van der Waals surface area contributed by atoms with Crippen LogP contribution in [0.5, 0.6) is 5.75 Å². The van der Waals surface area contributed by atoms with E-state index in [1.54, 1.807) is 24.3 Å². The quantitative estimate of drug-likeness (QED) is 0.573. The first-order valence-corrected chi connectivity index (χ1v) is 7.37. The summed E-state index contributed by atoms with van der Waals surface area (Å²) >= 11 is 11.9. The van der Waals surface area contributed by atoms with Crippen molar-refractivity contribution >= 4 is 45.9 Å². The first-order valence-electron chi connectivity index (χ1n) is 6.61. The second kappa shape index (κ2) is 6.02. The molecule has 0 aliphatic heterocycles. The van der Waals surface area contributed by atoms with E-state index in [4.69, 9.17) is 27.9 Å². The van der Waals surface area contributed by atoms with Crippen LogP contribution in [-0.2, 0) is 4.79 Å². The van der Waals surface area contributed by atoms with Crippen LogP contribution in [0.2, 0.25) is 10.0 Å². The number of esters is 1. The predicted octanol–water partition coefficient (Wildman–Crippen LogP) is 4.03. The van der Waals surface area contributed by atoms with Gasteiger partial charge in [0.25, 0.3) is 0 Å². The van der Waals surface area contributed by atoms with Crippen molar-refractivity contribution in [3.63, 3.8) is 0 Å². The van der Waals surface area contributed by atoms with E-state index in [1.165, 1.54) is 19.2 Å². The summed E-state index contributed by atoms with van der Waals surface area (Å²) in [5.74, 6) is -0.819. The maximum Gasteiger partial charge on any atom is 0.308 e. The van der Waals surface area contributed by atoms with Crippen LogP contribution in [0.15, 0.2) is 36.5 Å². The molecule has 0 unspecified atom stereocenters. The van der Waals surface area contributed by atoms with E-state index in [9.17, 15) is 9.59 Å². The summed E-state index contributed by atoms with van der Waals surface area (Å²) in [7, 11) is 0. The zero-order valence-corrected chi connectivity index (χ0v) is 13.4. The summed E-state index contributed by atoms with van der Waals surface area (Å²) in [5.41, 5.74) is 0.843. The van der Waals surface area contributed by atoms with E-state index < -0.39 is 11.8 Å². The Morgan fingerprint density at radius 1 is 1.13 bits per heavy atom. The second-order valence-electron chi connectivity index (χ2n) is 4.80. The van der Waals surface area contributed by atoms with Crippen molar-refractivity contribution in [1.29, 1.82) is 0 Å². The number of rotatable bonds is 3. The monoisotopic (exact) mass is 348 g/mol. The first-order chi connectivity index (χ1) is 11.0. The third-order valence-corrected chi connectivity index (χ3v) is 3.61. The number of carbonyl (C=O) groups is 2. The van der Waals surface area contributed by atoms with Crippen LogP contribution >= 0.6 is 23.2 Å². The van der Waals surface area contributed by atoms with Gasteiger partial charge in [-0.05, 0) is 30.3 Å². The number of pyridine rings is 1. The van der Waals surface area contributed by atoms with Crippen LogP contribution in [0.1, 0.15) is 23.1 Å². The van der Waals surface area contributed by atoms with E-state index in [0.717, 1.165) is 0 Å². The highest BCUT2D eigenvalue weighted by Gasteiger charge is 2.23. The third-order valence-electron chi connectivity index (χ3n) is 3.14. The molecule has 0 bridgehead atoms. The summed E-state index contributed by atoms with van der Waals surface area (Å²) < 4.78 is 5.22. The van der Waals surface area contributed by atoms with E-state index in [0.29, 0.717) is 20.9 Å². The Hall–Kier alpha value is -2.37. The minimum atomic E-state index is -0.533. The predicted molar refractivity (Wildman–Crippen MR) is 87.3 cm³/mol. The van der Waals surface area contributed by atoms with Gasteiger partial charge < -0.3 is 9.72 Å². The summed E-state index contributed by atoms with van der Waals surface area (Å²) in [6, 6.07) is 7.98. The molecule has 0 spiro atoms. The van der Waals surface area contributed by atoms with Crippen molar-refractivity contribution in [2.24, 2.45) is 0 Å². The molecular weight excluding hydrogens is 339 g/mol. The maximum absolute atomic E-state index is 12.7. The molecule has 1 aromatic carbocycles. The number of ether oxygens (including phenoxy) is 1. The number of halogens is 2. The Morgan fingerprint density at radius 3 is 2.57 bits per heavy atom. The van der Waals surface area contributed by atoms with Crippen molar-refractivity contribution in [3.8, 4) is 5.75 Å². The molecule has 0 saturated carbocycles. The van der Waals surface area contributed by atoms with Gasteiger partial charge in [0.1, 0.15) is 11.4 Å². The van der Waals surface area contributed by atoms with Crippen LogP contribution in [-0.4, -0.2) is 21.7 Å². The van der Waals surface area contributed by atoms with E-state index in [1.807, 2.05) is 0 Å². The number of hydrogen-bond acceptors (Lipinski definition) is 4. The molecule has 2 aromatic heterocycles. The number of nitrogens with one attached hydrogen (secondary N) is 1. The topological polar surface area (TPSA) is 72.1 Å². The fourth-order valence-corrected chi connectivity index (χ4v) is 2.54. The van der Waals surface area contributed by atoms with Gasteiger partial charge in [0.15, 0.2) is 5.75 Å². The molecular formula is C16H10Cl2N2O3. The van der Waals surface area contributed by atoms with Gasteiger partial charge in [0.2, 0.25) is 5.78 Å². The lowest BCUT2D eigenvalue weighted by Crippen LogP contribution is -2.09. The van der Waals surface area contributed by atoms with Crippen LogP contribution in [0.3, 0.4) is 0 Å². The molecule has 7 heteroatoms. The molecule has 0 aliphatic carbocycles. The number of carbonyl (C=O) groups excluding carboxylic acids is 2. The first kappa shape index (κ1) is 15.5. The van der Waals surface area contributed by atoms with Crippen LogP contribution in [0.4, 0.5) is 0 Å². The van der Waals surface area contributed by atoms with Gasteiger partial charge in [-0.25, -0.2) is 0 Å². The minimum Gasteiger partial charge on any atom is -0.424 e. The second-order valence-corrected chi connectivity index (χ2v) is 5.67. The number of ketones is 1. The smallest absolute Gasteiger partial charge is 0.308 e. The maximum atomic E-state index is 12.7. The molecule has 3 rings (SSSR count). The average molecular weight is 349 g/mol. The van der Waals surface area contributed by atoms with Crippen LogP contribution in [0.25, 0.3) is 10.9 Å². The van der Waals surface area contributed by atoms with Gasteiger partial charge >= 0.3 is 5.97 Å². The van der Waals surface area contributed by atoms with Crippen molar-refractivity contribution < 1.29 is 14.3 Å². The summed E-state index contributed by atoms with van der Waals surface area (Å²) in [4.78, 5) is 31.0. The van der Waals surface area contributed by atoms with Crippen molar-refractivity contribution in [2.75, 3.05) is 0 Å². The molecule has 0 amide bonds. The lowest BCUT2D eigenvalue weighted by atomic mass is 10.1. The lowest BCUT2D eigenvalue weighted by molar-refractivity contribution is -0.131. The Bertz CT molecular complexity index is 934. The Balaban J connectivity index is 2.19. The Morgan fingerprint density at radius 2 is 1.87 bits per heavy atom. The minimum absolute atomic E-state index is 0.118. The highest BCUT2D eigenvalue weighted by molar-refractivity contribution is 6.31. The molecule has 1 N–H and O–H groups in total. The molecule has 5 nitrogen and oxygen atoms in total. The number of H-pyrrole nitrogens is 1. The molecule has 0 radical (unpaired) electrons. The van der Waals surface area contributed by atoms with Crippen molar-refractivity contribution in [2.45, 2.75) is 6.92 Å². The molecule has 2 heterocycles. The van der Waals surface area contributed by atoms with Gasteiger partial charge in [-0.3, -0.25) is 14.6 Å². The van der Waals surface area contributed by atoms with Crippen LogP contribution in [0, 0.1) is 0 Å². The Labute approximate surface area is 141 Å². The van der Waals surface area contributed by atoms with Gasteiger partial charge in [-0.2, -0.15) is 0 Å². The van der Waals surface area contributed by atoms with Gasteiger partial charge in [0.05, 0.1) is 5.52 Å². The number of fused-ring (bicyclic) bond motifs is 1. The van der Waals surface area contributed by atoms with E-state index in [2.05, 4.69) is 9.97 Å². The highest BCUT2D eigenvalue weighted by atomic mass is 35.5. The lowest BCUT2D eigenvalue weighted by Gasteiger charge is -2.04. The highest BCUT2D eigenvalue weighted by Crippen LogP contribution is 2.33. The van der Waals surface area contributed by atoms with E-state index >= 15 is 0 Å². The summed E-state index contributed by atoms with van der Waals surface area (Å²) in [6.07, 6.45) is 1.43. The fourth-order valence-electron chi connectivity index (χ4n) is 2.21. The molecule has 0 fully saturated rings. The number of nitrogens with zero attached hydrogens (tertiary/aromatic N) is 1. The number of hydrogen-bond donors (Lipinski definition) is 1. The third kappa shape index (κ3) is 3.06. The van der Waals surface area contributed by atoms with Crippen LogP contribution < -0.4 is 4.74 Å². The van der Waals surface area contributed by atoms with Crippen molar-refractivity contribution in [3.05, 3.63) is 58.0 Å². The molecule has 0 atom stereocenters. The molecule has 0 saturated heterocycles. The molecule has 23 heavy (non-hydrogen) atoms. The zero-order valence-electron chi connectivity index (χ0n) is 11.9. The number of benzene rings is 1. The molecule has 116 valence electrons. The van der Waals surface area contributed by atoms with Gasteiger partial charge in [-0.1, -0.05) is 23.2 Å². The normalized spacial score (nSPS) is 10.7.